The van der Waals surface area contributed by atoms with Gasteiger partial charge in [-0.15, -0.1) is 0 Å². The summed E-state index contributed by atoms with van der Waals surface area (Å²) in [4.78, 5) is 2.42. The lowest BCUT2D eigenvalue weighted by Gasteiger charge is -2.40. The third kappa shape index (κ3) is 2.99. The molecular weight excluding hydrogens is 236 g/mol. The van der Waals surface area contributed by atoms with Crippen LogP contribution in [0.1, 0.15) is 28.3 Å². The van der Waals surface area contributed by atoms with E-state index < -0.39 is 0 Å². The first-order valence-electron chi connectivity index (χ1n) is 7.08. The van der Waals surface area contributed by atoms with Gasteiger partial charge in [-0.05, 0) is 57.1 Å². The molecule has 0 aromatic heterocycles. The molecule has 0 amide bonds. The van der Waals surface area contributed by atoms with E-state index >= 15 is 0 Å². The third-order valence-electron chi connectivity index (χ3n) is 4.21. The van der Waals surface area contributed by atoms with Gasteiger partial charge in [0.05, 0.1) is 18.8 Å². The molecule has 0 spiro atoms. The highest BCUT2D eigenvalue weighted by atomic mass is 16.5. The van der Waals surface area contributed by atoms with Crippen molar-refractivity contribution < 1.29 is 4.74 Å². The number of likely N-dealkylation sites (N-methyl/N-ethyl adjacent to an activating group) is 2. The van der Waals surface area contributed by atoms with Gasteiger partial charge in [0.15, 0.2) is 0 Å². The van der Waals surface area contributed by atoms with Crippen LogP contribution in [0.4, 0.5) is 0 Å². The summed E-state index contributed by atoms with van der Waals surface area (Å²) in [6, 6.07) is 4.98. The van der Waals surface area contributed by atoms with Crippen molar-refractivity contribution in [2.45, 2.75) is 32.9 Å². The Morgan fingerprint density at radius 1 is 1.21 bits per heavy atom. The lowest BCUT2D eigenvalue weighted by Crippen LogP contribution is -2.47. The maximum absolute atomic E-state index is 5.98. The summed E-state index contributed by atoms with van der Waals surface area (Å²) in [5, 5.41) is 3.25. The first kappa shape index (κ1) is 14.5. The fraction of sp³-hybridized carbons (Fsp3) is 0.625. The van der Waals surface area contributed by atoms with Crippen LogP contribution in [0.5, 0.6) is 0 Å². The maximum Gasteiger partial charge on any atom is 0.0896 e. The molecule has 1 heterocycles. The van der Waals surface area contributed by atoms with Crippen LogP contribution in [-0.2, 0) is 4.74 Å². The number of rotatable bonds is 3. The first-order valence-corrected chi connectivity index (χ1v) is 7.08. The zero-order chi connectivity index (χ0) is 14.0. The van der Waals surface area contributed by atoms with Crippen molar-refractivity contribution in [2.75, 3.05) is 33.8 Å². The highest BCUT2D eigenvalue weighted by molar-refractivity contribution is 5.39. The molecule has 3 nitrogen and oxygen atoms in total. The molecule has 3 heteroatoms. The van der Waals surface area contributed by atoms with Gasteiger partial charge in [0.1, 0.15) is 0 Å². The van der Waals surface area contributed by atoms with E-state index in [0.29, 0.717) is 6.04 Å². The minimum Gasteiger partial charge on any atom is -0.374 e. The number of nitrogens with one attached hydrogen (secondary N) is 1. The number of hydrogen-bond acceptors (Lipinski definition) is 3. The van der Waals surface area contributed by atoms with Gasteiger partial charge < -0.3 is 10.1 Å². The van der Waals surface area contributed by atoms with Crippen LogP contribution in [0.2, 0.25) is 0 Å². The molecule has 1 N–H and O–H groups in total. The lowest BCUT2D eigenvalue weighted by molar-refractivity contribution is -0.0608. The SMILES string of the molecule is CNCC1OCCN(C)C1c1cc(C)c(C)cc1C. The summed E-state index contributed by atoms with van der Waals surface area (Å²) in [5.41, 5.74) is 5.51. The van der Waals surface area contributed by atoms with Crippen molar-refractivity contribution in [1.29, 1.82) is 0 Å². The van der Waals surface area contributed by atoms with Crippen LogP contribution in [-0.4, -0.2) is 44.8 Å². The third-order valence-corrected chi connectivity index (χ3v) is 4.21. The minimum atomic E-state index is 0.226. The Balaban J connectivity index is 2.38. The monoisotopic (exact) mass is 262 g/mol. The van der Waals surface area contributed by atoms with E-state index in [1.807, 2.05) is 7.05 Å². The largest absolute Gasteiger partial charge is 0.374 e. The minimum absolute atomic E-state index is 0.226. The van der Waals surface area contributed by atoms with Crippen LogP contribution >= 0.6 is 0 Å². The Bertz CT molecular complexity index is 443. The van der Waals surface area contributed by atoms with E-state index in [-0.39, 0.29) is 6.10 Å². The van der Waals surface area contributed by atoms with Crippen LogP contribution in [0.3, 0.4) is 0 Å². The molecule has 1 fully saturated rings. The zero-order valence-corrected chi connectivity index (χ0v) is 12.8. The summed E-state index contributed by atoms with van der Waals surface area (Å²) in [6.07, 6.45) is 0.226. The van der Waals surface area contributed by atoms with Crippen LogP contribution in [0, 0.1) is 20.8 Å². The average molecular weight is 262 g/mol. The van der Waals surface area contributed by atoms with Gasteiger partial charge in [0.25, 0.3) is 0 Å². The maximum atomic E-state index is 5.98. The van der Waals surface area contributed by atoms with Crippen LogP contribution in [0.15, 0.2) is 12.1 Å². The summed E-state index contributed by atoms with van der Waals surface area (Å²) in [5.74, 6) is 0. The van der Waals surface area contributed by atoms with Crippen molar-refractivity contribution in [2.24, 2.45) is 0 Å². The van der Waals surface area contributed by atoms with E-state index in [0.717, 1.165) is 19.7 Å². The van der Waals surface area contributed by atoms with Crippen molar-refractivity contribution in [3.05, 3.63) is 34.4 Å². The molecular formula is C16H26N2O. The Hall–Kier alpha value is -0.900. The highest BCUT2D eigenvalue weighted by Gasteiger charge is 2.32. The molecule has 1 aromatic rings. The number of aryl methyl sites for hydroxylation is 3. The van der Waals surface area contributed by atoms with Gasteiger partial charge in [0.2, 0.25) is 0 Å². The summed E-state index contributed by atoms with van der Waals surface area (Å²) in [7, 11) is 4.19. The Morgan fingerprint density at radius 2 is 1.89 bits per heavy atom. The molecule has 1 saturated heterocycles. The van der Waals surface area contributed by atoms with Gasteiger partial charge in [-0.2, -0.15) is 0 Å². The fourth-order valence-corrected chi connectivity index (χ4v) is 2.97. The topological polar surface area (TPSA) is 24.5 Å². The first-order chi connectivity index (χ1) is 9.04. The molecule has 1 aromatic carbocycles. The number of nitrogens with zero attached hydrogens (tertiary/aromatic N) is 1. The lowest BCUT2D eigenvalue weighted by atomic mass is 9.91. The smallest absolute Gasteiger partial charge is 0.0896 e. The summed E-state index contributed by atoms with van der Waals surface area (Å²) >= 11 is 0. The molecule has 0 saturated carbocycles. The molecule has 0 radical (unpaired) electrons. The zero-order valence-electron chi connectivity index (χ0n) is 12.8. The quantitative estimate of drug-likeness (QED) is 0.904. The second-order valence-corrected chi connectivity index (χ2v) is 5.69. The Kier molecular flexibility index (Phi) is 4.61. The fourth-order valence-electron chi connectivity index (χ4n) is 2.97. The number of benzene rings is 1. The summed E-state index contributed by atoms with van der Waals surface area (Å²) in [6.45, 7) is 9.29. The molecule has 2 atom stereocenters. The van der Waals surface area contributed by atoms with E-state index in [2.05, 4.69) is 50.2 Å². The van der Waals surface area contributed by atoms with E-state index in [4.69, 9.17) is 4.74 Å². The van der Waals surface area contributed by atoms with E-state index in [1.54, 1.807) is 0 Å². The van der Waals surface area contributed by atoms with E-state index in [9.17, 15) is 0 Å². The second-order valence-electron chi connectivity index (χ2n) is 5.69. The molecule has 2 rings (SSSR count). The highest BCUT2D eigenvalue weighted by Crippen LogP contribution is 2.31. The van der Waals surface area contributed by atoms with Crippen LogP contribution in [0.25, 0.3) is 0 Å². The van der Waals surface area contributed by atoms with Gasteiger partial charge in [-0.3, -0.25) is 4.90 Å². The molecule has 0 bridgehead atoms. The molecule has 0 aliphatic carbocycles. The molecule has 2 unspecified atom stereocenters. The van der Waals surface area contributed by atoms with Crippen molar-refractivity contribution >= 4 is 0 Å². The van der Waals surface area contributed by atoms with Crippen molar-refractivity contribution in [3.63, 3.8) is 0 Å². The normalized spacial score (nSPS) is 24.7. The number of hydrogen-bond donors (Lipinski definition) is 1. The molecule has 106 valence electrons. The van der Waals surface area contributed by atoms with Gasteiger partial charge in [-0.1, -0.05) is 12.1 Å². The molecule has 1 aliphatic rings. The van der Waals surface area contributed by atoms with Crippen molar-refractivity contribution in [1.82, 2.24) is 10.2 Å². The molecule has 1 aliphatic heterocycles. The standard InChI is InChI=1S/C16H26N2O/c1-11-8-13(3)14(9-12(11)2)16-15(10-17-4)19-7-6-18(16)5/h8-9,15-17H,6-7,10H2,1-5H3. The van der Waals surface area contributed by atoms with Gasteiger partial charge in [-0.25, -0.2) is 0 Å². The second kappa shape index (κ2) is 6.04. The predicted octanol–water partition coefficient (Wildman–Crippen LogP) is 2.20. The van der Waals surface area contributed by atoms with Gasteiger partial charge >= 0.3 is 0 Å². The number of morpholine rings is 1. The van der Waals surface area contributed by atoms with Crippen molar-refractivity contribution in [3.8, 4) is 0 Å². The summed E-state index contributed by atoms with van der Waals surface area (Å²) < 4.78 is 5.98. The average Bonchev–Trinajstić information content (AvgIpc) is 2.35. The Labute approximate surface area is 116 Å². The van der Waals surface area contributed by atoms with E-state index in [1.165, 1.54) is 22.3 Å². The number of ether oxygens (including phenoxy) is 1. The Morgan fingerprint density at radius 3 is 2.58 bits per heavy atom. The van der Waals surface area contributed by atoms with Crippen LogP contribution < -0.4 is 5.32 Å². The predicted molar refractivity (Wildman–Crippen MR) is 79.7 cm³/mol. The van der Waals surface area contributed by atoms with Gasteiger partial charge in [0, 0.05) is 13.1 Å². The molecule has 19 heavy (non-hydrogen) atoms.